The van der Waals surface area contributed by atoms with Crippen molar-refractivity contribution < 1.29 is 28.4 Å². The summed E-state index contributed by atoms with van der Waals surface area (Å²) in [5, 5.41) is 6.04. The highest BCUT2D eigenvalue weighted by Crippen LogP contribution is 2.56. The molecule has 3 amide bonds. The third kappa shape index (κ3) is 3.22. The van der Waals surface area contributed by atoms with Crippen LogP contribution in [0.15, 0.2) is 10.6 Å². The van der Waals surface area contributed by atoms with Crippen LogP contribution in [0.2, 0.25) is 0 Å². The first kappa shape index (κ1) is 17.7. The molecule has 0 radical (unpaired) electrons. The van der Waals surface area contributed by atoms with Gasteiger partial charge in [0.1, 0.15) is 5.76 Å². The molecule has 2 bridgehead atoms. The van der Waals surface area contributed by atoms with Gasteiger partial charge >= 0.3 is 5.97 Å². The molecule has 1 aromatic heterocycles. The van der Waals surface area contributed by atoms with E-state index in [4.69, 9.17) is 9.26 Å². The molecule has 0 aromatic carbocycles. The van der Waals surface area contributed by atoms with Gasteiger partial charge in [-0.1, -0.05) is 5.16 Å². The van der Waals surface area contributed by atoms with Gasteiger partial charge in [0.15, 0.2) is 12.4 Å². The van der Waals surface area contributed by atoms with Crippen LogP contribution in [-0.2, 0) is 23.9 Å². The van der Waals surface area contributed by atoms with Crippen LogP contribution in [0.5, 0.6) is 0 Å². The Morgan fingerprint density at radius 3 is 2.52 bits per heavy atom. The lowest BCUT2D eigenvalue weighted by Gasteiger charge is -2.19. The van der Waals surface area contributed by atoms with E-state index in [1.54, 1.807) is 6.92 Å². The summed E-state index contributed by atoms with van der Waals surface area (Å²) >= 11 is 0. The molecule has 4 rings (SSSR count). The van der Waals surface area contributed by atoms with Crippen molar-refractivity contribution in [2.75, 3.05) is 18.5 Å². The number of hydrogen-bond donors (Lipinski definition) is 1. The van der Waals surface area contributed by atoms with Gasteiger partial charge in [-0.25, -0.2) is 0 Å². The fraction of sp³-hybridized carbons (Fsp3) is 0.611. The minimum absolute atomic E-state index is 0.00698. The van der Waals surface area contributed by atoms with E-state index in [0.717, 1.165) is 19.3 Å². The van der Waals surface area contributed by atoms with Crippen LogP contribution >= 0.6 is 0 Å². The Morgan fingerprint density at radius 2 is 1.93 bits per heavy atom. The molecule has 27 heavy (non-hydrogen) atoms. The predicted octanol–water partition coefficient (Wildman–Crippen LogP) is 0.886. The van der Waals surface area contributed by atoms with Crippen LogP contribution in [0, 0.1) is 30.6 Å². The van der Waals surface area contributed by atoms with E-state index >= 15 is 0 Å². The topological polar surface area (TPSA) is 119 Å². The Hall–Kier alpha value is -2.71. The van der Waals surface area contributed by atoms with E-state index in [9.17, 15) is 19.2 Å². The summed E-state index contributed by atoms with van der Waals surface area (Å²) in [7, 11) is 0. The molecule has 1 saturated heterocycles. The molecule has 2 saturated carbocycles. The first-order valence-corrected chi connectivity index (χ1v) is 9.18. The number of amides is 3. The average molecular weight is 375 g/mol. The number of imide groups is 1. The molecule has 0 spiro atoms. The first-order chi connectivity index (χ1) is 12.9. The van der Waals surface area contributed by atoms with Crippen molar-refractivity contribution in [2.24, 2.45) is 23.7 Å². The second-order valence-corrected chi connectivity index (χ2v) is 7.49. The number of rotatable bonds is 6. The Labute approximate surface area is 155 Å². The maximum Gasteiger partial charge on any atom is 0.308 e. The summed E-state index contributed by atoms with van der Waals surface area (Å²) < 4.78 is 9.72. The van der Waals surface area contributed by atoms with Gasteiger partial charge in [-0.05, 0) is 38.0 Å². The van der Waals surface area contributed by atoms with Crippen molar-refractivity contribution in [1.29, 1.82) is 0 Å². The van der Waals surface area contributed by atoms with Gasteiger partial charge in [-0.2, -0.15) is 0 Å². The largest absolute Gasteiger partial charge is 0.456 e. The number of esters is 1. The lowest BCUT2D eigenvalue weighted by atomic mass is 9.81. The fourth-order valence-electron chi connectivity index (χ4n) is 4.72. The molecule has 144 valence electrons. The summed E-state index contributed by atoms with van der Waals surface area (Å²) in [6.45, 7) is 1.22. The quantitative estimate of drug-likeness (QED) is 0.579. The lowest BCUT2D eigenvalue weighted by molar-refractivity contribution is -0.149. The van der Waals surface area contributed by atoms with E-state index in [1.165, 1.54) is 11.0 Å². The zero-order valence-corrected chi connectivity index (χ0v) is 15.0. The second kappa shape index (κ2) is 6.79. The normalized spacial score (nSPS) is 28.6. The van der Waals surface area contributed by atoms with Gasteiger partial charge in [-0.15, -0.1) is 0 Å². The van der Waals surface area contributed by atoms with E-state index in [0.29, 0.717) is 17.6 Å². The van der Waals surface area contributed by atoms with Gasteiger partial charge in [0.25, 0.3) is 5.91 Å². The van der Waals surface area contributed by atoms with Crippen LogP contribution < -0.4 is 5.32 Å². The van der Waals surface area contributed by atoms with E-state index < -0.39 is 18.5 Å². The van der Waals surface area contributed by atoms with Crippen molar-refractivity contribution in [3.63, 3.8) is 0 Å². The molecule has 1 aliphatic heterocycles. The van der Waals surface area contributed by atoms with Crippen LogP contribution in [0.1, 0.15) is 31.4 Å². The number of likely N-dealkylation sites (tertiary alicyclic amines) is 1. The second-order valence-electron chi connectivity index (χ2n) is 7.49. The number of hydrogen-bond acceptors (Lipinski definition) is 7. The van der Waals surface area contributed by atoms with E-state index in [-0.39, 0.29) is 42.4 Å². The fourth-order valence-corrected chi connectivity index (χ4v) is 4.72. The van der Waals surface area contributed by atoms with E-state index in [2.05, 4.69) is 10.5 Å². The molecule has 0 unspecified atom stereocenters. The third-order valence-corrected chi connectivity index (χ3v) is 5.82. The summed E-state index contributed by atoms with van der Waals surface area (Å²) in [5.41, 5.74) is 0. The van der Waals surface area contributed by atoms with Crippen molar-refractivity contribution in [3.8, 4) is 0 Å². The molecule has 3 aliphatic rings. The first-order valence-electron chi connectivity index (χ1n) is 9.18. The van der Waals surface area contributed by atoms with Crippen LogP contribution in [-0.4, -0.2) is 46.9 Å². The highest BCUT2D eigenvalue weighted by atomic mass is 16.5. The van der Waals surface area contributed by atoms with Crippen LogP contribution in [0.25, 0.3) is 0 Å². The number of nitrogens with one attached hydrogen (secondary N) is 1. The number of fused-ring (bicyclic) bond motifs is 5. The number of nitrogens with zero attached hydrogens (tertiary/aromatic N) is 2. The zero-order valence-electron chi connectivity index (χ0n) is 15.0. The predicted molar refractivity (Wildman–Crippen MR) is 90.0 cm³/mol. The molecular weight excluding hydrogens is 354 g/mol. The highest BCUT2D eigenvalue weighted by Gasteiger charge is 2.60. The van der Waals surface area contributed by atoms with Crippen LogP contribution in [0.3, 0.4) is 0 Å². The Balaban J connectivity index is 1.23. The maximum absolute atomic E-state index is 12.5. The zero-order chi connectivity index (χ0) is 19.1. The lowest BCUT2D eigenvalue weighted by Crippen LogP contribution is -2.35. The summed E-state index contributed by atoms with van der Waals surface area (Å²) in [4.78, 5) is 49.9. The van der Waals surface area contributed by atoms with Crippen LogP contribution in [0.4, 0.5) is 5.82 Å². The monoisotopic (exact) mass is 375 g/mol. The van der Waals surface area contributed by atoms with E-state index in [1.807, 2.05) is 0 Å². The maximum atomic E-state index is 12.5. The highest BCUT2D eigenvalue weighted by molar-refractivity contribution is 6.06. The molecule has 4 atom stereocenters. The summed E-state index contributed by atoms with van der Waals surface area (Å²) in [5.74, 6) is -0.447. The average Bonchev–Trinajstić information content (AvgIpc) is 3.38. The Kier molecular flexibility index (Phi) is 4.45. The molecule has 9 nitrogen and oxygen atoms in total. The number of aromatic nitrogens is 1. The SMILES string of the molecule is Cc1cc(NC(=O)COC(=O)CCN2C(=O)[C@@H]3[C@H]4CC[C@@H](C4)[C@@H]3C2=O)no1. The molecule has 9 heteroatoms. The number of anilines is 1. The minimum Gasteiger partial charge on any atom is -0.456 e. The Morgan fingerprint density at radius 1 is 1.26 bits per heavy atom. The number of carbonyl (C=O) groups is 4. The Bertz CT molecular complexity index is 775. The van der Waals surface area contributed by atoms with Crippen molar-refractivity contribution in [3.05, 3.63) is 11.8 Å². The molecule has 3 fully saturated rings. The summed E-state index contributed by atoms with van der Waals surface area (Å²) in [6.07, 6.45) is 2.88. The third-order valence-electron chi connectivity index (χ3n) is 5.82. The minimum atomic E-state index is -0.637. The van der Waals surface area contributed by atoms with Gasteiger partial charge in [0.2, 0.25) is 11.8 Å². The van der Waals surface area contributed by atoms with Gasteiger partial charge < -0.3 is 14.6 Å². The molecule has 1 aromatic rings. The number of aryl methyl sites for hydroxylation is 1. The smallest absolute Gasteiger partial charge is 0.308 e. The number of ether oxygens (including phenoxy) is 1. The van der Waals surface area contributed by atoms with Gasteiger partial charge in [0, 0.05) is 12.6 Å². The number of carbonyl (C=O) groups excluding carboxylic acids is 4. The molecule has 1 N–H and O–H groups in total. The van der Waals surface area contributed by atoms with Crippen molar-refractivity contribution in [1.82, 2.24) is 10.1 Å². The molecule has 2 aliphatic carbocycles. The molecular formula is C18H21N3O6. The van der Waals surface area contributed by atoms with Gasteiger partial charge in [0.05, 0.1) is 18.3 Å². The van der Waals surface area contributed by atoms with Gasteiger partial charge in [-0.3, -0.25) is 24.1 Å². The van der Waals surface area contributed by atoms with Crippen molar-refractivity contribution >= 4 is 29.5 Å². The standard InChI is InChI=1S/C18H21N3O6/c1-9-6-12(20-27-9)19-13(22)8-26-14(23)4-5-21-17(24)15-10-2-3-11(7-10)16(15)18(21)25/h6,10-11,15-16H,2-5,7-8H2,1H3,(H,19,20,22)/t10-,11-,15-,16+/m0/s1. The van der Waals surface area contributed by atoms with Crippen molar-refractivity contribution in [2.45, 2.75) is 32.6 Å². The summed E-state index contributed by atoms with van der Waals surface area (Å²) in [6, 6.07) is 1.54. The molecule has 2 heterocycles.